The van der Waals surface area contributed by atoms with Crippen molar-refractivity contribution in [2.75, 3.05) is 24.5 Å². The molecule has 1 aromatic heterocycles. The summed E-state index contributed by atoms with van der Waals surface area (Å²) >= 11 is 5.34. The number of aliphatic imine (C=N–C) groups is 1. The summed E-state index contributed by atoms with van der Waals surface area (Å²) in [5, 5.41) is 10.5. The number of hydrogen-bond donors (Lipinski definition) is 2. The quantitative estimate of drug-likeness (QED) is 0.561. The van der Waals surface area contributed by atoms with Crippen LogP contribution >= 0.6 is 27.3 Å². The Morgan fingerprint density at radius 2 is 2.12 bits per heavy atom. The van der Waals surface area contributed by atoms with E-state index in [2.05, 4.69) is 74.1 Å². The highest BCUT2D eigenvalue weighted by molar-refractivity contribution is 9.10. The van der Waals surface area contributed by atoms with Crippen molar-refractivity contribution in [3.05, 3.63) is 51.8 Å². The van der Waals surface area contributed by atoms with Crippen LogP contribution in [0.2, 0.25) is 0 Å². The van der Waals surface area contributed by atoms with Crippen LogP contribution in [0.4, 0.5) is 5.00 Å². The van der Waals surface area contributed by atoms with Crippen molar-refractivity contribution < 1.29 is 0 Å². The van der Waals surface area contributed by atoms with Crippen LogP contribution in [0.3, 0.4) is 0 Å². The van der Waals surface area contributed by atoms with Gasteiger partial charge in [-0.25, -0.2) is 4.99 Å². The van der Waals surface area contributed by atoms with Gasteiger partial charge < -0.3 is 15.5 Å². The van der Waals surface area contributed by atoms with E-state index in [-0.39, 0.29) is 0 Å². The molecular formula is C19H25BrN4S. The lowest BCUT2D eigenvalue weighted by molar-refractivity contribution is 0.463. The fourth-order valence-electron chi connectivity index (χ4n) is 3.01. The lowest BCUT2D eigenvalue weighted by Crippen LogP contribution is -2.48. The van der Waals surface area contributed by atoms with Crippen molar-refractivity contribution in [2.24, 2.45) is 4.99 Å². The number of anilines is 1. The van der Waals surface area contributed by atoms with Crippen LogP contribution in [0.5, 0.6) is 0 Å². The molecule has 134 valence electrons. The summed E-state index contributed by atoms with van der Waals surface area (Å²) in [5.74, 6) is 0.914. The second kappa shape index (κ2) is 9.25. The number of halogens is 1. The Labute approximate surface area is 162 Å². The third-order valence-electron chi connectivity index (χ3n) is 4.31. The first kappa shape index (κ1) is 18.3. The minimum absolute atomic E-state index is 0.483. The highest BCUT2D eigenvalue weighted by atomic mass is 79.9. The normalized spacial score (nSPS) is 16.1. The minimum atomic E-state index is 0.483. The van der Waals surface area contributed by atoms with Crippen LogP contribution in [0.1, 0.15) is 25.3 Å². The average molecular weight is 421 g/mol. The van der Waals surface area contributed by atoms with Crippen LogP contribution in [-0.4, -0.2) is 31.6 Å². The fourth-order valence-corrected chi connectivity index (χ4v) is 4.25. The Morgan fingerprint density at radius 3 is 2.80 bits per heavy atom. The molecule has 0 atom stereocenters. The highest BCUT2D eigenvalue weighted by Crippen LogP contribution is 2.24. The van der Waals surface area contributed by atoms with Crippen LogP contribution < -0.4 is 15.5 Å². The second-order valence-electron chi connectivity index (χ2n) is 6.18. The van der Waals surface area contributed by atoms with E-state index in [1.807, 2.05) is 17.4 Å². The van der Waals surface area contributed by atoms with E-state index < -0.39 is 0 Å². The molecule has 0 aliphatic carbocycles. The highest BCUT2D eigenvalue weighted by Gasteiger charge is 2.20. The molecular weight excluding hydrogens is 396 g/mol. The number of nitrogens with zero attached hydrogens (tertiary/aromatic N) is 2. The number of benzene rings is 1. The number of hydrogen-bond acceptors (Lipinski definition) is 3. The molecule has 1 aliphatic heterocycles. The molecule has 2 N–H and O–H groups in total. The SMILES string of the molecule is CCNC(=NCc1cccc(Br)c1)NC1CCN(c2cccs2)CC1. The largest absolute Gasteiger partial charge is 0.363 e. The summed E-state index contributed by atoms with van der Waals surface area (Å²) in [6.07, 6.45) is 2.28. The monoisotopic (exact) mass is 420 g/mol. The molecule has 6 heteroatoms. The molecule has 1 aliphatic rings. The molecule has 1 saturated heterocycles. The van der Waals surface area contributed by atoms with E-state index in [4.69, 9.17) is 4.99 Å². The number of rotatable bonds is 5. The van der Waals surface area contributed by atoms with Crippen molar-refractivity contribution in [2.45, 2.75) is 32.4 Å². The summed E-state index contributed by atoms with van der Waals surface area (Å²) in [6, 6.07) is 13.1. The maximum atomic E-state index is 4.75. The molecule has 1 aromatic carbocycles. The smallest absolute Gasteiger partial charge is 0.191 e. The number of piperidine rings is 1. The standard InChI is InChI=1S/C19H25BrN4S/c1-2-21-19(22-14-15-5-3-6-16(20)13-15)23-17-8-10-24(11-9-17)18-7-4-12-25-18/h3-7,12-13,17H,2,8-11,14H2,1H3,(H2,21,22,23). The van der Waals surface area contributed by atoms with E-state index in [9.17, 15) is 0 Å². The Bertz CT molecular complexity index is 678. The lowest BCUT2D eigenvalue weighted by Gasteiger charge is -2.33. The van der Waals surface area contributed by atoms with Gasteiger partial charge >= 0.3 is 0 Å². The molecule has 0 unspecified atom stereocenters. The Balaban J connectivity index is 1.54. The van der Waals surface area contributed by atoms with Crippen molar-refractivity contribution in [1.82, 2.24) is 10.6 Å². The van der Waals surface area contributed by atoms with Crippen molar-refractivity contribution in [1.29, 1.82) is 0 Å². The summed E-state index contributed by atoms with van der Waals surface area (Å²) < 4.78 is 1.10. The molecule has 0 radical (unpaired) electrons. The Morgan fingerprint density at radius 1 is 1.28 bits per heavy atom. The number of nitrogens with one attached hydrogen (secondary N) is 2. The van der Waals surface area contributed by atoms with Gasteiger partial charge in [-0.05, 0) is 55.0 Å². The van der Waals surface area contributed by atoms with Crippen LogP contribution in [0.15, 0.2) is 51.2 Å². The van der Waals surface area contributed by atoms with E-state index >= 15 is 0 Å². The zero-order valence-electron chi connectivity index (χ0n) is 14.5. The first-order valence-electron chi connectivity index (χ1n) is 8.82. The molecule has 0 spiro atoms. The van der Waals surface area contributed by atoms with Gasteiger partial charge in [0.2, 0.25) is 0 Å². The second-order valence-corrected chi connectivity index (χ2v) is 8.02. The van der Waals surface area contributed by atoms with E-state index in [1.54, 1.807) is 0 Å². The maximum absolute atomic E-state index is 4.75. The number of guanidine groups is 1. The predicted molar refractivity (Wildman–Crippen MR) is 112 cm³/mol. The molecule has 25 heavy (non-hydrogen) atoms. The van der Waals surface area contributed by atoms with Crippen LogP contribution in [0, 0.1) is 0 Å². The van der Waals surface area contributed by atoms with Gasteiger partial charge in [0.25, 0.3) is 0 Å². The van der Waals surface area contributed by atoms with Crippen molar-refractivity contribution in [3.8, 4) is 0 Å². The summed E-state index contributed by atoms with van der Waals surface area (Å²) in [4.78, 5) is 7.23. The molecule has 3 rings (SSSR count). The fraction of sp³-hybridized carbons (Fsp3) is 0.421. The van der Waals surface area contributed by atoms with E-state index in [1.165, 1.54) is 10.6 Å². The average Bonchev–Trinajstić information content (AvgIpc) is 3.15. The molecule has 0 amide bonds. The lowest BCUT2D eigenvalue weighted by atomic mass is 10.1. The first-order chi connectivity index (χ1) is 12.2. The van der Waals surface area contributed by atoms with Gasteiger partial charge in [-0.15, -0.1) is 11.3 Å². The molecule has 2 heterocycles. The third-order valence-corrected chi connectivity index (χ3v) is 5.73. The summed E-state index contributed by atoms with van der Waals surface area (Å²) in [6.45, 7) is 5.86. The van der Waals surface area contributed by atoms with Gasteiger partial charge in [0.05, 0.1) is 11.5 Å². The molecule has 0 saturated carbocycles. The predicted octanol–water partition coefficient (Wildman–Crippen LogP) is 4.23. The van der Waals surface area contributed by atoms with E-state index in [0.29, 0.717) is 12.6 Å². The number of thiophene rings is 1. The van der Waals surface area contributed by atoms with Gasteiger partial charge in [-0.3, -0.25) is 0 Å². The molecule has 4 nitrogen and oxygen atoms in total. The molecule has 0 bridgehead atoms. The first-order valence-corrected chi connectivity index (χ1v) is 10.5. The zero-order chi connectivity index (χ0) is 17.5. The molecule has 1 fully saturated rings. The topological polar surface area (TPSA) is 39.7 Å². The maximum Gasteiger partial charge on any atom is 0.191 e. The van der Waals surface area contributed by atoms with Gasteiger partial charge in [0.15, 0.2) is 5.96 Å². The van der Waals surface area contributed by atoms with Crippen molar-refractivity contribution in [3.63, 3.8) is 0 Å². The van der Waals surface area contributed by atoms with Gasteiger partial charge in [-0.2, -0.15) is 0 Å². The summed E-state index contributed by atoms with van der Waals surface area (Å²) in [7, 11) is 0. The third kappa shape index (κ3) is 5.47. The summed E-state index contributed by atoms with van der Waals surface area (Å²) in [5.41, 5.74) is 1.21. The van der Waals surface area contributed by atoms with E-state index in [0.717, 1.165) is 42.9 Å². The van der Waals surface area contributed by atoms with Crippen LogP contribution in [-0.2, 0) is 6.54 Å². The minimum Gasteiger partial charge on any atom is -0.363 e. The van der Waals surface area contributed by atoms with Crippen molar-refractivity contribution >= 4 is 38.2 Å². The molecule has 2 aromatic rings. The van der Waals surface area contributed by atoms with Crippen LogP contribution in [0.25, 0.3) is 0 Å². The van der Waals surface area contributed by atoms with Gasteiger partial charge in [-0.1, -0.05) is 28.1 Å². The zero-order valence-corrected chi connectivity index (χ0v) is 16.9. The van der Waals surface area contributed by atoms with Gasteiger partial charge in [0, 0.05) is 30.1 Å². The Hall–Kier alpha value is -1.53. The van der Waals surface area contributed by atoms with Gasteiger partial charge in [0.1, 0.15) is 0 Å². The Kier molecular flexibility index (Phi) is 6.76.